The lowest BCUT2D eigenvalue weighted by Crippen LogP contribution is -2.48. The van der Waals surface area contributed by atoms with Crippen molar-refractivity contribution < 1.29 is 13.2 Å². The molecule has 1 saturated carbocycles. The standard InChI is InChI=1S/C12H24N2O3S/c1-9-5-3-4-6-11(9)14-12(15)10(13)7-8-18(2,16)17/h9-11H,3-8,13H2,1-2H3,(H,14,15). The highest BCUT2D eigenvalue weighted by molar-refractivity contribution is 7.90. The molecule has 18 heavy (non-hydrogen) atoms. The minimum atomic E-state index is -3.06. The highest BCUT2D eigenvalue weighted by Crippen LogP contribution is 2.23. The molecule has 0 aliphatic heterocycles. The molecule has 3 unspecified atom stereocenters. The van der Waals surface area contributed by atoms with E-state index in [1.807, 2.05) is 0 Å². The van der Waals surface area contributed by atoms with Crippen LogP contribution in [0.2, 0.25) is 0 Å². The van der Waals surface area contributed by atoms with E-state index in [1.54, 1.807) is 0 Å². The summed E-state index contributed by atoms with van der Waals surface area (Å²) in [6.45, 7) is 2.13. The molecule has 0 aromatic carbocycles. The van der Waals surface area contributed by atoms with Crippen LogP contribution in [0.4, 0.5) is 0 Å². The Hall–Kier alpha value is -0.620. The van der Waals surface area contributed by atoms with Crippen LogP contribution in [0.5, 0.6) is 0 Å². The van der Waals surface area contributed by atoms with E-state index >= 15 is 0 Å². The highest BCUT2D eigenvalue weighted by Gasteiger charge is 2.25. The Balaban J connectivity index is 2.39. The zero-order valence-electron chi connectivity index (χ0n) is 11.2. The maximum Gasteiger partial charge on any atom is 0.237 e. The molecule has 5 nitrogen and oxygen atoms in total. The van der Waals surface area contributed by atoms with Crippen molar-refractivity contribution in [1.82, 2.24) is 5.32 Å². The number of amides is 1. The van der Waals surface area contributed by atoms with Crippen molar-refractivity contribution >= 4 is 15.7 Å². The maximum atomic E-state index is 11.8. The summed E-state index contributed by atoms with van der Waals surface area (Å²) in [4.78, 5) is 11.8. The topological polar surface area (TPSA) is 89.3 Å². The Morgan fingerprint density at radius 1 is 1.39 bits per heavy atom. The predicted octanol–water partition coefficient (Wildman–Crippen LogP) is 0.443. The van der Waals surface area contributed by atoms with Crippen LogP contribution in [0.25, 0.3) is 0 Å². The quantitative estimate of drug-likeness (QED) is 0.762. The Bertz CT molecular complexity index is 381. The van der Waals surface area contributed by atoms with Gasteiger partial charge in [-0.3, -0.25) is 4.79 Å². The minimum Gasteiger partial charge on any atom is -0.352 e. The third-order valence-corrected chi connectivity index (χ3v) is 4.55. The lowest BCUT2D eigenvalue weighted by atomic mass is 9.86. The van der Waals surface area contributed by atoms with Gasteiger partial charge in [-0.2, -0.15) is 0 Å². The van der Waals surface area contributed by atoms with Crippen molar-refractivity contribution in [2.45, 2.75) is 51.1 Å². The van der Waals surface area contributed by atoms with Crippen LogP contribution in [0.1, 0.15) is 39.0 Å². The summed E-state index contributed by atoms with van der Waals surface area (Å²) in [5.41, 5.74) is 5.71. The first-order chi connectivity index (χ1) is 8.29. The summed E-state index contributed by atoms with van der Waals surface area (Å²) in [6.07, 6.45) is 5.81. The average molecular weight is 276 g/mol. The molecule has 1 fully saturated rings. The van der Waals surface area contributed by atoms with Gasteiger partial charge >= 0.3 is 0 Å². The highest BCUT2D eigenvalue weighted by atomic mass is 32.2. The van der Waals surface area contributed by atoms with Crippen LogP contribution in [0.15, 0.2) is 0 Å². The van der Waals surface area contributed by atoms with Crippen molar-refractivity contribution in [1.29, 1.82) is 0 Å². The first kappa shape index (κ1) is 15.4. The van der Waals surface area contributed by atoms with E-state index in [0.29, 0.717) is 5.92 Å². The molecular formula is C12H24N2O3S. The van der Waals surface area contributed by atoms with Crippen LogP contribution < -0.4 is 11.1 Å². The second-order valence-electron chi connectivity index (χ2n) is 5.40. The number of nitrogens with two attached hydrogens (primary N) is 1. The number of sulfone groups is 1. The van der Waals surface area contributed by atoms with Gasteiger partial charge in [-0.15, -0.1) is 0 Å². The van der Waals surface area contributed by atoms with Gasteiger partial charge in [0.2, 0.25) is 5.91 Å². The van der Waals surface area contributed by atoms with Gasteiger partial charge in [-0.1, -0.05) is 19.8 Å². The molecule has 1 aliphatic rings. The van der Waals surface area contributed by atoms with Crippen LogP contribution in [0.3, 0.4) is 0 Å². The molecule has 3 atom stereocenters. The van der Waals surface area contributed by atoms with Gasteiger partial charge in [0, 0.05) is 12.3 Å². The molecule has 1 amide bonds. The molecule has 0 spiro atoms. The Morgan fingerprint density at radius 3 is 2.56 bits per heavy atom. The molecule has 3 N–H and O–H groups in total. The lowest BCUT2D eigenvalue weighted by molar-refractivity contribution is -0.123. The lowest BCUT2D eigenvalue weighted by Gasteiger charge is -2.30. The molecule has 0 bridgehead atoms. The van der Waals surface area contributed by atoms with Crippen LogP contribution in [-0.2, 0) is 14.6 Å². The fraction of sp³-hybridized carbons (Fsp3) is 0.917. The normalized spacial score (nSPS) is 26.6. The van der Waals surface area contributed by atoms with Gasteiger partial charge in [0.05, 0.1) is 11.8 Å². The van der Waals surface area contributed by atoms with Gasteiger partial charge in [0.25, 0.3) is 0 Å². The molecule has 0 heterocycles. The molecule has 0 saturated heterocycles. The third kappa shape index (κ3) is 5.35. The zero-order valence-corrected chi connectivity index (χ0v) is 12.0. The number of nitrogens with one attached hydrogen (secondary N) is 1. The Labute approximate surface area is 109 Å². The van der Waals surface area contributed by atoms with Gasteiger partial charge in [-0.25, -0.2) is 8.42 Å². The summed E-state index contributed by atoms with van der Waals surface area (Å²) in [5.74, 6) is 0.212. The molecule has 0 aromatic rings. The van der Waals surface area contributed by atoms with Crippen molar-refractivity contribution in [2.75, 3.05) is 12.0 Å². The minimum absolute atomic E-state index is 0.0399. The SMILES string of the molecule is CC1CCCCC1NC(=O)C(N)CCS(C)(=O)=O. The third-order valence-electron chi connectivity index (χ3n) is 3.58. The van der Waals surface area contributed by atoms with E-state index in [-0.39, 0.29) is 24.1 Å². The van der Waals surface area contributed by atoms with E-state index in [9.17, 15) is 13.2 Å². The largest absolute Gasteiger partial charge is 0.352 e. The Kier molecular flexibility index (Phi) is 5.59. The van der Waals surface area contributed by atoms with Crippen molar-refractivity contribution in [3.8, 4) is 0 Å². The number of carbonyl (C=O) groups excluding carboxylic acids is 1. The maximum absolute atomic E-state index is 11.8. The fourth-order valence-corrected chi connectivity index (χ4v) is 2.97. The zero-order chi connectivity index (χ0) is 13.8. The first-order valence-electron chi connectivity index (χ1n) is 6.53. The molecular weight excluding hydrogens is 252 g/mol. The molecule has 1 rings (SSSR count). The molecule has 106 valence electrons. The summed E-state index contributed by atoms with van der Waals surface area (Å²) in [5, 5.41) is 2.95. The molecule has 1 aliphatic carbocycles. The number of hydrogen-bond acceptors (Lipinski definition) is 4. The van der Waals surface area contributed by atoms with E-state index in [0.717, 1.165) is 25.5 Å². The average Bonchev–Trinajstić information content (AvgIpc) is 2.28. The van der Waals surface area contributed by atoms with Crippen LogP contribution >= 0.6 is 0 Å². The monoisotopic (exact) mass is 276 g/mol. The van der Waals surface area contributed by atoms with E-state index in [4.69, 9.17) is 5.73 Å². The van der Waals surface area contributed by atoms with Crippen molar-refractivity contribution in [3.63, 3.8) is 0 Å². The summed E-state index contributed by atoms with van der Waals surface area (Å²) < 4.78 is 22.0. The summed E-state index contributed by atoms with van der Waals surface area (Å²) >= 11 is 0. The van der Waals surface area contributed by atoms with Crippen molar-refractivity contribution in [3.05, 3.63) is 0 Å². The summed E-state index contributed by atoms with van der Waals surface area (Å²) in [7, 11) is -3.06. The first-order valence-corrected chi connectivity index (χ1v) is 8.59. The van der Waals surface area contributed by atoms with Crippen LogP contribution in [0, 0.1) is 5.92 Å². The number of hydrogen-bond donors (Lipinski definition) is 2. The van der Waals surface area contributed by atoms with Crippen molar-refractivity contribution in [2.24, 2.45) is 11.7 Å². The second kappa shape index (κ2) is 6.52. The van der Waals surface area contributed by atoms with E-state index in [1.165, 1.54) is 6.42 Å². The van der Waals surface area contributed by atoms with E-state index < -0.39 is 15.9 Å². The molecule has 0 radical (unpaired) electrons. The number of rotatable bonds is 5. The smallest absolute Gasteiger partial charge is 0.237 e. The van der Waals surface area contributed by atoms with Gasteiger partial charge in [0.1, 0.15) is 9.84 Å². The molecule has 6 heteroatoms. The second-order valence-corrected chi connectivity index (χ2v) is 7.66. The number of carbonyl (C=O) groups is 1. The molecule has 0 aromatic heterocycles. The Morgan fingerprint density at radius 2 is 2.00 bits per heavy atom. The van der Waals surface area contributed by atoms with Crippen LogP contribution in [-0.4, -0.2) is 38.4 Å². The van der Waals surface area contributed by atoms with Gasteiger partial charge < -0.3 is 11.1 Å². The van der Waals surface area contributed by atoms with Gasteiger partial charge in [0.15, 0.2) is 0 Å². The van der Waals surface area contributed by atoms with Gasteiger partial charge in [-0.05, 0) is 25.2 Å². The summed E-state index contributed by atoms with van der Waals surface area (Å²) in [6, 6.07) is -0.538. The fourth-order valence-electron chi connectivity index (χ4n) is 2.29. The predicted molar refractivity (Wildman–Crippen MR) is 71.9 cm³/mol. The van der Waals surface area contributed by atoms with E-state index in [2.05, 4.69) is 12.2 Å².